The van der Waals surface area contributed by atoms with Crippen molar-refractivity contribution < 1.29 is 4.79 Å². The van der Waals surface area contributed by atoms with Crippen molar-refractivity contribution >= 4 is 37.6 Å². The number of carbonyl (C=O) groups is 1. The summed E-state index contributed by atoms with van der Waals surface area (Å²) in [4.78, 5) is 11.2. The fourth-order valence-corrected chi connectivity index (χ4v) is 2.38. The summed E-state index contributed by atoms with van der Waals surface area (Å²) >= 11 is 6.89. The third-order valence-corrected chi connectivity index (χ3v) is 4.15. The number of hydrogen-bond donors (Lipinski definition) is 0. The van der Waals surface area contributed by atoms with Crippen LogP contribution in [0.4, 0.5) is 0 Å². The third kappa shape index (κ3) is 1.86. The normalized spacial score (nSPS) is 15.7. The molecule has 0 saturated heterocycles. The maximum atomic E-state index is 11.2. The van der Waals surface area contributed by atoms with Gasteiger partial charge in [0.1, 0.15) is 5.78 Å². The smallest absolute Gasteiger partial charge is 0.137 e. The molecule has 0 atom stereocenters. The highest BCUT2D eigenvalue weighted by atomic mass is 79.9. The van der Waals surface area contributed by atoms with Crippen molar-refractivity contribution in [3.05, 3.63) is 32.2 Å². The number of rotatable bonds is 0. The molecule has 0 aliphatic heterocycles. The van der Waals surface area contributed by atoms with Crippen LogP contribution in [0.5, 0.6) is 0 Å². The molecule has 1 aliphatic rings. The largest absolute Gasteiger partial charge is 0.299 e. The van der Waals surface area contributed by atoms with Gasteiger partial charge < -0.3 is 0 Å². The van der Waals surface area contributed by atoms with E-state index in [4.69, 9.17) is 0 Å². The van der Waals surface area contributed by atoms with Gasteiger partial charge in [0.15, 0.2) is 0 Å². The summed E-state index contributed by atoms with van der Waals surface area (Å²) in [6.07, 6.45) is 2.18. The molecule has 13 heavy (non-hydrogen) atoms. The molecule has 0 amide bonds. The number of fused-ring (bicyclic) bond motifs is 1. The molecule has 0 heterocycles. The molecule has 0 unspecified atom stereocenters. The zero-order chi connectivity index (χ0) is 9.42. The van der Waals surface area contributed by atoms with Gasteiger partial charge in [-0.3, -0.25) is 4.79 Å². The Labute approximate surface area is 93.8 Å². The quantitative estimate of drug-likeness (QED) is 0.719. The van der Waals surface area contributed by atoms with Crippen molar-refractivity contribution in [2.45, 2.75) is 19.3 Å². The molecule has 0 radical (unpaired) electrons. The monoisotopic (exact) mass is 302 g/mol. The van der Waals surface area contributed by atoms with E-state index in [-0.39, 0.29) is 0 Å². The summed E-state index contributed by atoms with van der Waals surface area (Å²) in [6.45, 7) is 0. The van der Waals surface area contributed by atoms with Gasteiger partial charge in [-0.2, -0.15) is 0 Å². The summed E-state index contributed by atoms with van der Waals surface area (Å²) < 4.78 is 2.10. The van der Waals surface area contributed by atoms with Gasteiger partial charge in [0, 0.05) is 21.8 Å². The van der Waals surface area contributed by atoms with Gasteiger partial charge in [0.05, 0.1) is 0 Å². The number of ketones is 1. The van der Waals surface area contributed by atoms with Gasteiger partial charge >= 0.3 is 0 Å². The summed E-state index contributed by atoms with van der Waals surface area (Å²) in [5.74, 6) is 0.349. The topological polar surface area (TPSA) is 17.1 Å². The van der Waals surface area contributed by atoms with E-state index in [2.05, 4.69) is 37.9 Å². The molecule has 2 rings (SSSR count). The third-order valence-electron chi connectivity index (χ3n) is 2.30. The maximum absolute atomic E-state index is 11.2. The van der Waals surface area contributed by atoms with Crippen molar-refractivity contribution in [2.75, 3.05) is 0 Å². The molecule has 1 aromatic rings. The highest BCUT2D eigenvalue weighted by Gasteiger charge is 2.16. The van der Waals surface area contributed by atoms with E-state index >= 15 is 0 Å². The second-order valence-electron chi connectivity index (χ2n) is 3.25. The molecule has 1 nitrogen and oxygen atoms in total. The molecule has 0 N–H and O–H groups in total. The molecule has 0 saturated carbocycles. The molecular formula is C10H8Br2O. The van der Waals surface area contributed by atoms with Crippen LogP contribution in [0.25, 0.3) is 0 Å². The number of halogens is 2. The van der Waals surface area contributed by atoms with E-state index in [1.165, 1.54) is 11.1 Å². The summed E-state index contributed by atoms with van der Waals surface area (Å²) in [5.41, 5.74) is 2.47. The lowest BCUT2D eigenvalue weighted by molar-refractivity contribution is -0.118. The predicted molar refractivity (Wildman–Crippen MR) is 58.9 cm³/mol. The summed E-state index contributed by atoms with van der Waals surface area (Å²) in [7, 11) is 0. The standard InChI is InChI=1S/C10H8Br2O/c11-9-4-6-1-2-8(13)3-7(6)5-10(9)12/h4-5H,1-3H2. The summed E-state index contributed by atoms with van der Waals surface area (Å²) in [6, 6.07) is 4.14. The predicted octanol–water partition coefficient (Wildman–Crippen LogP) is 3.27. The molecule has 0 bridgehead atoms. The molecule has 68 valence electrons. The van der Waals surface area contributed by atoms with E-state index in [9.17, 15) is 4.79 Å². The van der Waals surface area contributed by atoms with Crippen molar-refractivity contribution in [3.63, 3.8) is 0 Å². The van der Waals surface area contributed by atoms with Crippen molar-refractivity contribution in [3.8, 4) is 0 Å². The second kappa shape index (κ2) is 3.54. The Kier molecular flexibility index (Phi) is 2.56. The van der Waals surface area contributed by atoms with Crippen molar-refractivity contribution in [1.29, 1.82) is 0 Å². The number of Topliss-reactive ketones (excluding diaryl/α,β-unsaturated/α-hetero) is 1. The molecule has 1 aromatic carbocycles. The molecule has 0 fully saturated rings. The van der Waals surface area contributed by atoms with Crippen LogP contribution in [0, 0.1) is 0 Å². The van der Waals surface area contributed by atoms with Crippen LogP contribution in [0.15, 0.2) is 21.1 Å². The Balaban J connectivity index is 2.49. The highest BCUT2D eigenvalue weighted by molar-refractivity contribution is 9.13. The van der Waals surface area contributed by atoms with Crippen LogP contribution in [0.2, 0.25) is 0 Å². The van der Waals surface area contributed by atoms with E-state index in [0.29, 0.717) is 18.6 Å². The molecular weight excluding hydrogens is 296 g/mol. The van der Waals surface area contributed by atoms with Crippen LogP contribution in [-0.2, 0) is 17.6 Å². The zero-order valence-electron chi connectivity index (χ0n) is 6.94. The first-order chi connectivity index (χ1) is 6.16. The molecule has 1 aliphatic carbocycles. The lowest BCUT2D eigenvalue weighted by Gasteiger charge is -2.15. The maximum Gasteiger partial charge on any atom is 0.137 e. The SMILES string of the molecule is O=C1CCc2cc(Br)c(Br)cc2C1. The average Bonchev–Trinajstić information content (AvgIpc) is 2.08. The van der Waals surface area contributed by atoms with Gasteiger partial charge in [-0.15, -0.1) is 0 Å². The number of carbonyl (C=O) groups excluding carboxylic acids is 1. The second-order valence-corrected chi connectivity index (χ2v) is 4.96. The van der Waals surface area contributed by atoms with E-state index in [1.54, 1.807) is 0 Å². The van der Waals surface area contributed by atoms with Crippen molar-refractivity contribution in [1.82, 2.24) is 0 Å². The fraction of sp³-hybridized carbons (Fsp3) is 0.300. The van der Waals surface area contributed by atoms with E-state index in [1.807, 2.05) is 6.07 Å². The lowest BCUT2D eigenvalue weighted by atomic mass is 9.91. The molecule has 0 aromatic heterocycles. The van der Waals surface area contributed by atoms with E-state index in [0.717, 1.165) is 15.4 Å². The number of benzene rings is 1. The highest BCUT2D eigenvalue weighted by Crippen LogP contribution is 2.29. The van der Waals surface area contributed by atoms with Crippen LogP contribution >= 0.6 is 31.9 Å². The van der Waals surface area contributed by atoms with Crippen LogP contribution < -0.4 is 0 Å². The van der Waals surface area contributed by atoms with Gasteiger partial charge in [-0.05, 0) is 61.5 Å². The Morgan fingerprint density at radius 1 is 1.00 bits per heavy atom. The Hall–Kier alpha value is -0.150. The average molecular weight is 304 g/mol. The number of hydrogen-bond acceptors (Lipinski definition) is 1. The Bertz CT molecular complexity index is 371. The first-order valence-electron chi connectivity index (χ1n) is 4.15. The van der Waals surface area contributed by atoms with Gasteiger partial charge in [0.25, 0.3) is 0 Å². The van der Waals surface area contributed by atoms with E-state index < -0.39 is 0 Å². The molecule has 0 spiro atoms. The number of aryl methyl sites for hydroxylation is 1. The summed E-state index contributed by atoms with van der Waals surface area (Å²) in [5, 5.41) is 0. The Morgan fingerprint density at radius 3 is 2.31 bits per heavy atom. The van der Waals surface area contributed by atoms with Gasteiger partial charge in [-0.1, -0.05) is 0 Å². The first-order valence-corrected chi connectivity index (χ1v) is 5.74. The molecule has 3 heteroatoms. The minimum atomic E-state index is 0.349. The fourth-order valence-electron chi connectivity index (χ4n) is 1.60. The van der Waals surface area contributed by atoms with Crippen molar-refractivity contribution in [2.24, 2.45) is 0 Å². The zero-order valence-corrected chi connectivity index (χ0v) is 10.1. The van der Waals surface area contributed by atoms with Gasteiger partial charge in [-0.25, -0.2) is 0 Å². The lowest BCUT2D eigenvalue weighted by Crippen LogP contribution is -2.13. The first kappa shape index (κ1) is 9.41. The van der Waals surface area contributed by atoms with Gasteiger partial charge in [0.2, 0.25) is 0 Å². The van der Waals surface area contributed by atoms with Crippen LogP contribution in [0.1, 0.15) is 17.5 Å². The Morgan fingerprint density at radius 2 is 1.62 bits per heavy atom. The minimum absolute atomic E-state index is 0.349. The van der Waals surface area contributed by atoms with Crippen LogP contribution in [0.3, 0.4) is 0 Å². The van der Waals surface area contributed by atoms with Crippen LogP contribution in [-0.4, -0.2) is 5.78 Å². The minimum Gasteiger partial charge on any atom is -0.299 e.